The minimum absolute atomic E-state index is 0.212. The molecule has 16 heavy (non-hydrogen) atoms. The Morgan fingerprint density at radius 3 is 2.94 bits per heavy atom. The van der Waals surface area contributed by atoms with Crippen molar-refractivity contribution in [2.75, 3.05) is 13.7 Å². The number of carbonyl (C=O) groups is 1. The molecule has 0 aromatic heterocycles. The van der Waals surface area contributed by atoms with Gasteiger partial charge in [-0.3, -0.25) is 4.79 Å². The number of carbonyl (C=O) groups excluding carboxylic acids is 1. The third-order valence-corrected chi connectivity index (χ3v) is 2.81. The van der Waals surface area contributed by atoms with Crippen molar-refractivity contribution in [3.63, 3.8) is 0 Å². The molecule has 0 saturated heterocycles. The van der Waals surface area contributed by atoms with Gasteiger partial charge in [-0.05, 0) is 5.56 Å². The van der Waals surface area contributed by atoms with E-state index in [9.17, 15) is 4.79 Å². The zero-order chi connectivity index (χ0) is 11.5. The van der Waals surface area contributed by atoms with Crippen molar-refractivity contribution < 1.29 is 9.53 Å². The highest BCUT2D eigenvalue weighted by Crippen LogP contribution is 2.33. The lowest BCUT2D eigenvalue weighted by Gasteiger charge is -2.08. The highest BCUT2D eigenvalue weighted by Gasteiger charge is 2.19. The van der Waals surface area contributed by atoms with Crippen LogP contribution in [0.1, 0.15) is 24.0 Å². The van der Waals surface area contributed by atoms with Crippen molar-refractivity contribution in [3.05, 3.63) is 41.5 Å². The fourth-order valence-corrected chi connectivity index (χ4v) is 1.96. The number of ether oxygens (including phenoxy) is 1. The Morgan fingerprint density at radius 1 is 1.44 bits per heavy atom. The van der Waals surface area contributed by atoms with Crippen LogP contribution in [0.3, 0.4) is 0 Å². The predicted molar refractivity (Wildman–Crippen MR) is 62.9 cm³/mol. The SMILES string of the molecule is COC(=O)CNC1=C[C@H](C)c2ccccc21. The molecule has 0 radical (unpaired) electrons. The third-order valence-electron chi connectivity index (χ3n) is 2.81. The maximum absolute atomic E-state index is 11.1. The van der Waals surface area contributed by atoms with Gasteiger partial charge in [0.15, 0.2) is 0 Å². The van der Waals surface area contributed by atoms with Crippen LogP contribution >= 0.6 is 0 Å². The van der Waals surface area contributed by atoms with E-state index in [-0.39, 0.29) is 12.5 Å². The first-order chi connectivity index (χ1) is 7.72. The van der Waals surface area contributed by atoms with Crippen LogP contribution in [0.5, 0.6) is 0 Å². The van der Waals surface area contributed by atoms with Gasteiger partial charge in [-0.1, -0.05) is 37.3 Å². The topological polar surface area (TPSA) is 38.3 Å². The number of allylic oxidation sites excluding steroid dienone is 1. The summed E-state index contributed by atoms with van der Waals surface area (Å²) in [7, 11) is 1.39. The number of benzene rings is 1. The Kier molecular flexibility index (Phi) is 2.95. The predicted octanol–water partition coefficient (Wildman–Crippen LogP) is 1.91. The summed E-state index contributed by atoms with van der Waals surface area (Å²) in [4.78, 5) is 11.1. The summed E-state index contributed by atoms with van der Waals surface area (Å²) in [5, 5.41) is 3.11. The Balaban J connectivity index is 2.13. The Bertz CT molecular complexity index is 437. The molecule has 0 heterocycles. The molecule has 0 spiro atoms. The Hall–Kier alpha value is -1.77. The number of methoxy groups -OCH3 is 1. The number of rotatable bonds is 3. The van der Waals surface area contributed by atoms with Gasteiger partial charge in [0, 0.05) is 17.2 Å². The minimum Gasteiger partial charge on any atom is -0.468 e. The lowest BCUT2D eigenvalue weighted by Crippen LogP contribution is -2.22. The first kappa shape index (κ1) is 10.7. The van der Waals surface area contributed by atoms with E-state index in [4.69, 9.17) is 0 Å². The first-order valence-electron chi connectivity index (χ1n) is 5.34. The number of fused-ring (bicyclic) bond motifs is 1. The van der Waals surface area contributed by atoms with Crippen LogP contribution in [-0.4, -0.2) is 19.6 Å². The fraction of sp³-hybridized carbons (Fsp3) is 0.308. The molecule has 84 valence electrons. The number of hydrogen-bond donors (Lipinski definition) is 1. The summed E-state index contributed by atoms with van der Waals surface area (Å²) < 4.78 is 4.60. The highest BCUT2D eigenvalue weighted by molar-refractivity contribution is 5.78. The molecule has 3 heteroatoms. The molecule has 0 aliphatic heterocycles. The van der Waals surface area contributed by atoms with E-state index < -0.39 is 0 Å². The average Bonchev–Trinajstić information content (AvgIpc) is 2.64. The highest BCUT2D eigenvalue weighted by atomic mass is 16.5. The largest absolute Gasteiger partial charge is 0.468 e. The van der Waals surface area contributed by atoms with Gasteiger partial charge in [0.05, 0.1) is 7.11 Å². The lowest BCUT2D eigenvalue weighted by atomic mass is 10.0. The van der Waals surface area contributed by atoms with E-state index in [0.29, 0.717) is 5.92 Å². The molecule has 1 atom stereocenters. The summed E-state index contributed by atoms with van der Waals surface area (Å²) in [6, 6.07) is 8.22. The molecular weight excluding hydrogens is 202 g/mol. The zero-order valence-electron chi connectivity index (χ0n) is 9.49. The average molecular weight is 217 g/mol. The quantitative estimate of drug-likeness (QED) is 0.786. The van der Waals surface area contributed by atoms with E-state index in [2.05, 4.69) is 35.2 Å². The van der Waals surface area contributed by atoms with Crippen LogP contribution < -0.4 is 5.32 Å². The van der Waals surface area contributed by atoms with Gasteiger partial charge in [-0.2, -0.15) is 0 Å². The first-order valence-corrected chi connectivity index (χ1v) is 5.34. The van der Waals surface area contributed by atoms with Crippen molar-refractivity contribution in [3.8, 4) is 0 Å². The Morgan fingerprint density at radius 2 is 2.19 bits per heavy atom. The van der Waals surface area contributed by atoms with Crippen LogP contribution in [0.25, 0.3) is 5.70 Å². The van der Waals surface area contributed by atoms with E-state index in [1.54, 1.807) is 0 Å². The minimum atomic E-state index is -0.252. The summed E-state index contributed by atoms with van der Waals surface area (Å²) in [6.07, 6.45) is 2.13. The molecule has 1 N–H and O–H groups in total. The second-order valence-electron chi connectivity index (χ2n) is 3.89. The van der Waals surface area contributed by atoms with Crippen LogP contribution in [0.4, 0.5) is 0 Å². The van der Waals surface area contributed by atoms with E-state index in [1.165, 1.54) is 18.2 Å². The second kappa shape index (κ2) is 4.39. The van der Waals surface area contributed by atoms with Crippen molar-refractivity contribution in [2.45, 2.75) is 12.8 Å². The van der Waals surface area contributed by atoms with Gasteiger partial charge < -0.3 is 10.1 Å². The van der Waals surface area contributed by atoms with Gasteiger partial charge in [0.25, 0.3) is 0 Å². The molecule has 0 amide bonds. The van der Waals surface area contributed by atoms with Crippen LogP contribution in [0, 0.1) is 0 Å². The molecule has 1 aliphatic carbocycles. The van der Waals surface area contributed by atoms with Gasteiger partial charge in [-0.15, -0.1) is 0 Å². The number of hydrogen-bond acceptors (Lipinski definition) is 3. The van der Waals surface area contributed by atoms with Crippen LogP contribution in [0.2, 0.25) is 0 Å². The summed E-state index contributed by atoms with van der Waals surface area (Å²) in [6.45, 7) is 2.36. The molecular formula is C13H15NO2. The second-order valence-corrected chi connectivity index (χ2v) is 3.89. The summed E-state index contributed by atoms with van der Waals surface area (Å²) in [5.41, 5.74) is 3.50. The zero-order valence-corrected chi connectivity index (χ0v) is 9.49. The standard InChI is InChI=1S/C13H15NO2/c1-9-7-12(14-8-13(15)16-2)11-6-4-3-5-10(9)11/h3-7,9,14H,8H2,1-2H3/t9-/m0/s1. The molecule has 3 nitrogen and oxygen atoms in total. The number of esters is 1. The van der Waals surface area contributed by atoms with Crippen LogP contribution in [-0.2, 0) is 9.53 Å². The molecule has 1 aromatic carbocycles. The normalized spacial score (nSPS) is 17.6. The van der Waals surface area contributed by atoms with Crippen molar-refractivity contribution in [1.29, 1.82) is 0 Å². The van der Waals surface area contributed by atoms with Crippen molar-refractivity contribution >= 4 is 11.7 Å². The molecule has 2 rings (SSSR count). The lowest BCUT2D eigenvalue weighted by molar-refractivity contribution is -0.139. The van der Waals surface area contributed by atoms with Gasteiger partial charge in [0.1, 0.15) is 6.54 Å². The maximum atomic E-state index is 11.1. The molecule has 1 aliphatic rings. The smallest absolute Gasteiger partial charge is 0.325 e. The summed E-state index contributed by atoms with van der Waals surface area (Å²) in [5.74, 6) is 0.147. The van der Waals surface area contributed by atoms with Gasteiger partial charge in [0.2, 0.25) is 0 Å². The molecule has 0 saturated carbocycles. The van der Waals surface area contributed by atoms with Gasteiger partial charge >= 0.3 is 5.97 Å². The molecule has 0 bridgehead atoms. The van der Waals surface area contributed by atoms with Gasteiger partial charge in [-0.25, -0.2) is 0 Å². The Labute approximate surface area is 95.1 Å². The molecule has 0 fully saturated rings. The maximum Gasteiger partial charge on any atom is 0.325 e. The van der Waals surface area contributed by atoms with Crippen LogP contribution in [0.15, 0.2) is 30.3 Å². The van der Waals surface area contributed by atoms with Crippen molar-refractivity contribution in [1.82, 2.24) is 5.32 Å². The van der Waals surface area contributed by atoms with E-state index >= 15 is 0 Å². The summed E-state index contributed by atoms with van der Waals surface area (Å²) >= 11 is 0. The number of nitrogens with one attached hydrogen (secondary N) is 1. The molecule has 1 aromatic rings. The molecule has 0 unspecified atom stereocenters. The third kappa shape index (κ3) is 1.94. The van der Waals surface area contributed by atoms with Crippen molar-refractivity contribution in [2.24, 2.45) is 0 Å². The monoisotopic (exact) mass is 217 g/mol. The van der Waals surface area contributed by atoms with E-state index in [0.717, 1.165) is 5.70 Å². The van der Waals surface area contributed by atoms with E-state index in [1.807, 2.05) is 12.1 Å². The fourth-order valence-electron chi connectivity index (χ4n) is 1.96.